The van der Waals surface area contributed by atoms with Crippen molar-refractivity contribution in [2.24, 2.45) is 5.73 Å². The third kappa shape index (κ3) is 2.95. The summed E-state index contributed by atoms with van der Waals surface area (Å²) < 4.78 is 5.62. The first kappa shape index (κ1) is 13.4. The number of nitrogens with zero attached hydrogens (tertiary/aromatic N) is 1. The van der Waals surface area contributed by atoms with E-state index in [2.05, 4.69) is 0 Å². The maximum absolute atomic E-state index is 11.4. The van der Waals surface area contributed by atoms with E-state index in [0.29, 0.717) is 19.7 Å². The Bertz CT molecular complexity index is 332. The molecule has 1 saturated heterocycles. The Balaban J connectivity index is 0.00000128. The molecule has 0 aromatic carbocycles. The highest BCUT2D eigenvalue weighted by molar-refractivity contribution is 7.10. The molecule has 1 aliphatic rings. The molecule has 1 aromatic heterocycles. The van der Waals surface area contributed by atoms with E-state index in [1.165, 1.54) is 4.88 Å². The Morgan fingerprint density at radius 3 is 3.12 bits per heavy atom. The fourth-order valence-electron chi connectivity index (χ4n) is 1.65. The molecule has 1 atom stereocenters. The van der Waals surface area contributed by atoms with Gasteiger partial charge in [-0.25, -0.2) is 0 Å². The predicted octanol–water partition coefficient (Wildman–Crippen LogP) is 1.03. The Morgan fingerprint density at radius 1 is 1.69 bits per heavy atom. The van der Waals surface area contributed by atoms with Gasteiger partial charge < -0.3 is 15.4 Å². The van der Waals surface area contributed by atoms with E-state index in [-0.39, 0.29) is 31.0 Å². The van der Waals surface area contributed by atoms with Crippen LogP contribution in [0.3, 0.4) is 0 Å². The zero-order chi connectivity index (χ0) is 10.7. The molecule has 0 bridgehead atoms. The van der Waals surface area contributed by atoms with Crippen molar-refractivity contribution in [1.29, 1.82) is 0 Å². The van der Waals surface area contributed by atoms with Crippen LogP contribution in [-0.4, -0.2) is 37.0 Å². The summed E-state index contributed by atoms with van der Waals surface area (Å²) in [5.41, 5.74) is 5.34. The van der Waals surface area contributed by atoms with Crippen molar-refractivity contribution in [3.63, 3.8) is 0 Å². The number of thiophene rings is 1. The maximum atomic E-state index is 11.4. The molecule has 1 aliphatic heterocycles. The molecule has 1 amide bonds. The second kappa shape index (κ2) is 6.20. The number of carbonyl (C=O) groups is 1. The van der Waals surface area contributed by atoms with Crippen molar-refractivity contribution >= 4 is 29.7 Å². The quantitative estimate of drug-likeness (QED) is 0.866. The summed E-state index contributed by atoms with van der Waals surface area (Å²) in [6.45, 7) is 1.94. The van der Waals surface area contributed by atoms with Gasteiger partial charge in [-0.3, -0.25) is 4.79 Å². The van der Waals surface area contributed by atoms with Crippen molar-refractivity contribution in [3.05, 3.63) is 22.4 Å². The van der Waals surface area contributed by atoms with Gasteiger partial charge in [0.1, 0.15) is 6.10 Å². The van der Waals surface area contributed by atoms with E-state index in [1.54, 1.807) is 16.2 Å². The molecule has 16 heavy (non-hydrogen) atoms. The van der Waals surface area contributed by atoms with Crippen molar-refractivity contribution in [1.82, 2.24) is 4.90 Å². The first-order chi connectivity index (χ1) is 7.31. The molecule has 2 rings (SSSR count). The average Bonchev–Trinajstić information content (AvgIpc) is 2.82. The third-order valence-electron chi connectivity index (χ3n) is 2.45. The van der Waals surface area contributed by atoms with E-state index < -0.39 is 0 Å². The highest BCUT2D eigenvalue weighted by atomic mass is 35.5. The topological polar surface area (TPSA) is 55.6 Å². The van der Waals surface area contributed by atoms with Crippen LogP contribution < -0.4 is 5.73 Å². The zero-order valence-electron chi connectivity index (χ0n) is 8.80. The molecule has 6 heteroatoms. The number of rotatable bonds is 2. The number of nitrogens with two attached hydrogens (primary N) is 1. The number of morpholine rings is 1. The first-order valence-corrected chi connectivity index (χ1v) is 5.82. The van der Waals surface area contributed by atoms with Gasteiger partial charge in [-0.1, -0.05) is 6.07 Å². The summed E-state index contributed by atoms with van der Waals surface area (Å²) in [6, 6.07) is 4.03. The van der Waals surface area contributed by atoms with Gasteiger partial charge in [0, 0.05) is 11.4 Å². The van der Waals surface area contributed by atoms with E-state index in [1.807, 2.05) is 17.5 Å². The standard InChI is InChI=1S/C10H14N2O2S.ClH/c11-6-10(13)12-3-4-14-8(7-12)9-2-1-5-15-9;/h1-2,5,8H,3-4,6-7,11H2;1H. The van der Waals surface area contributed by atoms with Gasteiger partial charge in [0.05, 0.1) is 19.7 Å². The fraction of sp³-hybridized carbons (Fsp3) is 0.500. The second-order valence-electron chi connectivity index (χ2n) is 3.42. The highest BCUT2D eigenvalue weighted by Crippen LogP contribution is 2.25. The number of halogens is 1. The lowest BCUT2D eigenvalue weighted by molar-refractivity contribution is -0.137. The number of ether oxygens (including phenoxy) is 1. The number of hydrogen-bond donors (Lipinski definition) is 1. The Kier molecular flexibility index (Phi) is 5.21. The van der Waals surface area contributed by atoms with Crippen LogP contribution in [0.25, 0.3) is 0 Å². The molecular formula is C10H15ClN2O2S. The summed E-state index contributed by atoms with van der Waals surface area (Å²) in [6.07, 6.45) is 0.0225. The van der Waals surface area contributed by atoms with Gasteiger partial charge in [0.25, 0.3) is 0 Å². The minimum atomic E-state index is -0.000133. The number of hydrogen-bond acceptors (Lipinski definition) is 4. The third-order valence-corrected chi connectivity index (χ3v) is 3.42. The van der Waals surface area contributed by atoms with E-state index in [4.69, 9.17) is 10.5 Å². The lowest BCUT2D eigenvalue weighted by Crippen LogP contribution is -2.44. The number of amides is 1. The molecule has 0 aliphatic carbocycles. The zero-order valence-corrected chi connectivity index (χ0v) is 10.4. The Morgan fingerprint density at radius 2 is 2.50 bits per heavy atom. The maximum Gasteiger partial charge on any atom is 0.236 e. The molecule has 0 saturated carbocycles. The number of carbonyl (C=O) groups excluding carboxylic acids is 1. The van der Waals surface area contributed by atoms with Crippen LogP contribution in [0.5, 0.6) is 0 Å². The van der Waals surface area contributed by atoms with Crippen LogP contribution in [0.1, 0.15) is 11.0 Å². The van der Waals surface area contributed by atoms with Gasteiger partial charge >= 0.3 is 0 Å². The van der Waals surface area contributed by atoms with E-state index in [0.717, 1.165) is 0 Å². The summed E-state index contributed by atoms with van der Waals surface area (Å²) in [4.78, 5) is 14.4. The molecule has 0 spiro atoms. The molecule has 1 fully saturated rings. The molecule has 1 aromatic rings. The SMILES string of the molecule is Cl.NCC(=O)N1CCOC(c2cccs2)C1. The summed E-state index contributed by atoms with van der Waals surface area (Å²) in [5, 5.41) is 2.02. The van der Waals surface area contributed by atoms with Crippen molar-refractivity contribution < 1.29 is 9.53 Å². The van der Waals surface area contributed by atoms with Crippen LogP contribution in [-0.2, 0) is 9.53 Å². The van der Waals surface area contributed by atoms with Crippen LogP contribution in [0, 0.1) is 0 Å². The summed E-state index contributed by atoms with van der Waals surface area (Å²) in [7, 11) is 0. The minimum Gasteiger partial charge on any atom is -0.369 e. The molecule has 1 unspecified atom stereocenters. The lowest BCUT2D eigenvalue weighted by atomic mass is 10.2. The molecule has 0 radical (unpaired) electrons. The molecule has 2 heterocycles. The first-order valence-electron chi connectivity index (χ1n) is 4.94. The van der Waals surface area contributed by atoms with E-state index >= 15 is 0 Å². The monoisotopic (exact) mass is 262 g/mol. The lowest BCUT2D eigenvalue weighted by Gasteiger charge is -2.32. The van der Waals surface area contributed by atoms with Crippen molar-refractivity contribution in [3.8, 4) is 0 Å². The van der Waals surface area contributed by atoms with Gasteiger partial charge in [-0.15, -0.1) is 23.7 Å². The molecular weight excluding hydrogens is 248 g/mol. The van der Waals surface area contributed by atoms with Crippen LogP contribution in [0.15, 0.2) is 17.5 Å². The van der Waals surface area contributed by atoms with Gasteiger partial charge in [0.2, 0.25) is 5.91 Å². The normalized spacial score (nSPS) is 20.3. The molecule has 2 N–H and O–H groups in total. The summed E-state index contributed by atoms with van der Waals surface area (Å²) in [5.74, 6) is -0.000133. The predicted molar refractivity (Wildman–Crippen MR) is 65.9 cm³/mol. The Hall–Kier alpha value is -0.620. The van der Waals surface area contributed by atoms with Crippen LogP contribution in [0.2, 0.25) is 0 Å². The van der Waals surface area contributed by atoms with Gasteiger partial charge in [-0.2, -0.15) is 0 Å². The van der Waals surface area contributed by atoms with Crippen molar-refractivity contribution in [2.75, 3.05) is 26.2 Å². The van der Waals surface area contributed by atoms with Crippen molar-refractivity contribution in [2.45, 2.75) is 6.10 Å². The van der Waals surface area contributed by atoms with Crippen LogP contribution >= 0.6 is 23.7 Å². The van der Waals surface area contributed by atoms with E-state index in [9.17, 15) is 4.79 Å². The van der Waals surface area contributed by atoms with Gasteiger partial charge in [-0.05, 0) is 11.4 Å². The Labute approximate surface area is 105 Å². The largest absolute Gasteiger partial charge is 0.369 e. The molecule has 90 valence electrons. The second-order valence-corrected chi connectivity index (χ2v) is 4.40. The highest BCUT2D eigenvalue weighted by Gasteiger charge is 2.24. The fourth-order valence-corrected chi connectivity index (χ4v) is 2.42. The van der Waals surface area contributed by atoms with Gasteiger partial charge in [0.15, 0.2) is 0 Å². The van der Waals surface area contributed by atoms with Crippen LogP contribution in [0.4, 0.5) is 0 Å². The molecule has 4 nitrogen and oxygen atoms in total. The average molecular weight is 263 g/mol. The minimum absolute atomic E-state index is 0. The smallest absolute Gasteiger partial charge is 0.236 e. The summed E-state index contributed by atoms with van der Waals surface area (Å²) >= 11 is 1.66.